The van der Waals surface area contributed by atoms with E-state index in [1.165, 1.54) is 0 Å². The summed E-state index contributed by atoms with van der Waals surface area (Å²) < 4.78 is 0. The molecule has 25 heavy (non-hydrogen) atoms. The second-order valence-electron chi connectivity index (χ2n) is 5.22. The third-order valence-corrected chi connectivity index (χ3v) is 3.98. The standard InChI is InChI=1S/C18H14Cl2N4O/c19-13-1-2-15(20)16(9-13)24-18(25)17-10-14(5-8-22-17)23-11-12-3-6-21-7-4-12/h1-10H,11H2,(H,22,23)(H,24,25). The lowest BCUT2D eigenvalue weighted by atomic mass is 10.2. The maximum absolute atomic E-state index is 12.4. The molecule has 1 aromatic carbocycles. The van der Waals surface area contributed by atoms with Gasteiger partial charge in [-0.1, -0.05) is 23.2 Å². The van der Waals surface area contributed by atoms with Crippen LogP contribution in [0.1, 0.15) is 16.1 Å². The number of benzene rings is 1. The lowest BCUT2D eigenvalue weighted by molar-refractivity contribution is 0.102. The van der Waals surface area contributed by atoms with Crippen LogP contribution in [0.4, 0.5) is 11.4 Å². The van der Waals surface area contributed by atoms with Crippen LogP contribution in [-0.2, 0) is 6.54 Å². The molecule has 1 amide bonds. The largest absolute Gasteiger partial charge is 0.381 e. The number of nitrogens with zero attached hydrogens (tertiary/aromatic N) is 2. The number of nitrogens with one attached hydrogen (secondary N) is 2. The fourth-order valence-electron chi connectivity index (χ4n) is 2.15. The van der Waals surface area contributed by atoms with Crippen LogP contribution in [0.3, 0.4) is 0 Å². The minimum atomic E-state index is -0.364. The van der Waals surface area contributed by atoms with Gasteiger partial charge in [-0.05, 0) is 48.0 Å². The Bertz CT molecular complexity index is 887. The molecule has 0 radical (unpaired) electrons. The molecule has 126 valence electrons. The number of anilines is 2. The molecule has 0 aliphatic carbocycles. The summed E-state index contributed by atoms with van der Waals surface area (Å²) >= 11 is 12.0. The summed E-state index contributed by atoms with van der Waals surface area (Å²) in [6, 6.07) is 12.2. The first-order valence-electron chi connectivity index (χ1n) is 7.47. The molecule has 3 rings (SSSR count). The molecule has 0 aliphatic rings. The minimum Gasteiger partial charge on any atom is -0.381 e. The average Bonchev–Trinajstić information content (AvgIpc) is 2.64. The lowest BCUT2D eigenvalue weighted by Crippen LogP contribution is -2.14. The van der Waals surface area contributed by atoms with E-state index in [0.717, 1.165) is 11.3 Å². The van der Waals surface area contributed by atoms with Gasteiger partial charge in [0.2, 0.25) is 0 Å². The van der Waals surface area contributed by atoms with E-state index in [1.54, 1.807) is 48.9 Å². The molecule has 5 nitrogen and oxygen atoms in total. The molecular formula is C18H14Cl2N4O. The van der Waals surface area contributed by atoms with Crippen LogP contribution < -0.4 is 10.6 Å². The zero-order valence-corrected chi connectivity index (χ0v) is 14.6. The second kappa shape index (κ2) is 7.96. The van der Waals surface area contributed by atoms with E-state index in [4.69, 9.17) is 23.2 Å². The molecular weight excluding hydrogens is 359 g/mol. The van der Waals surface area contributed by atoms with Crippen molar-refractivity contribution in [1.29, 1.82) is 0 Å². The van der Waals surface area contributed by atoms with Crippen LogP contribution in [0.15, 0.2) is 61.1 Å². The first-order chi connectivity index (χ1) is 12.1. The van der Waals surface area contributed by atoms with Crippen LogP contribution >= 0.6 is 23.2 Å². The number of carbonyl (C=O) groups excluding carboxylic acids is 1. The quantitative estimate of drug-likeness (QED) is 0.683. The Balaban J connectivity index is 1.70. The summed E-state index contributed by atoms with van der Waals surface area (Å²) in [6.45, 7) is 0.619. The molecule has 0 saturated heterocycles. The normalized spacial score (nSPS) is 10.3. The van der Waals surface area contributed by atoms with Gasteiger partial charge in [-0.3, -0.25) is 14.8 Å². The molecule has 0 fully saturated rings. The highest BCUT2D eigenvalue weighted by Crippen LogP contribution is 2.26. The number of hydrogen-bond acceptors (Lipinski definition) is 4. The van der Waals surface area contributed by atoms with Crippen molar-refractivity contribution < 1.29 is 4.79 Å². The Hall–Kier alpha value is -2.63. The highest BCUT2D eigenvalue weighted by Gasteiger charge is 2.11. The van der Waals surface area contributed by atoms with Gasteiger partial charge in [-0.2, -0.15) is 0 Å². The number of halogens is 2. The van der Waals surface area contributed by atoms with Crippen LogP contribution in [0.2, 0.25) is 10.0 Å². The summed E-state index contributed by atoms with van der Waals surface area (Å²) in [4.78, 5) is 20.5. The Morgan fingerprint density at radius 1 is 1.00 bits per heavy atom. The van der Waals surface area contributed by atoms with Crippen LogP contribution in [0.5, 0.6) is 0 Å². The fraction of sp³-hybridized carbons (Fsp3) is 0.0556. The highest BCUT2D eigenvalue weighted by molar-refractivity contribution is 6.35. The zero-order valence-electron chi connectivity index (χ0n) is 13.0. The maximum Gasteiger partial charge on any atom is 0.274 e. The third kappa shape index (κ3) is 4.68. The van der Waals surface area contributed by atoms with Crippen LogP contribution in [0, 0.1) is 0 Å². The van der Waals surface area contributed by atoms with E-state index in [1.807, 2.05) is 12.1 Å². The number of rotatable bonds is 5. The fourth-order valence-corrected chi connectivity index (χ4v) is 2.49. The van der Waals surface area contributed by atoms with Crippen LogP contribution in [-0.4, -0.2) is 15.9 Å². The van der Waals surface area contributed by atoms with Gasteiger partial charge in [0.05, 0.1) is 10.7 Å². The minimum absolute atomic E-state index is 0.274. The van der Waals surface area contributed by atoms with Crippen LogP contribution in [0.25, 0.3) is 0 Å². The van der Waals surface area contributed by atoms with E-state index in [9.17, 15) is 4.79 Å². The molecule has 3 aromatic rings. The van der Waals surface area contributed by atoms with Crippen molar-refractivity contribution in [1.82, 2.24) is 9.97 Å². The predicted molar refractivity (Wildman–Crippen MR) is 100 cm³/mol. The average molecular weight is 373 g/mol. The van der Waals surface area contributed by atoms with E-state index < -0.39 is 0 Å². The topological polar surface area (TPSA) is 66.9 Å². The molecule has 2 N–H and O–H groups in total. The Labute approximate surface area is 155 Å². The Kier molecular flexibility index (Phi) is 5.48. The van der Waals surface area contributed by atoms with E-state index in [0.29, 0.717) is 22.3 Å². The van der Waals surface area contributed by atoms with Gasteiger partial charge in [-0.25, -0.2) is 0 Å². The number of carbonyl (C=O) groups is 1. The Morgan fingerprint density at radius 2 is 1.80 bits per heavy atom. The lowest BCUT2D eigenvalue weighted by Gasteiger charge is -2.09. The molecule has 2 heterocycles. The van der Waals surface area contributed by atoms with Gasteiger partial charge < -0.3 is 10.6 Å². The van der Waals surface area contributed by atoms with Gasteiger partial charge in [0.25, 0.3) is 5.91 Å². The SMILES string of the molecule is O=C(Nc1cc(Cl)ccc1Cl)c1cc(NCc2ccncc2)ccn1. The molecule has 0 spiro atoms. The molecule has 0 saturated carbocycles. The number of hydrogen-bond donors (Lipinski definition) is 2. The van der Waals surface area contributed by atoms with E-state index in [-0.39, 0.29) is 11.6 Å². The van der Waals surface area contributed by atoms with E-state index >= 15 is 0 Å². The summed E-state index contributed by atoms with van der Waals surface area (Å²) in [5.41, 5.74) is 2.59. The smallest absolute Gasteiger partial charge is 0.274 e. The van der Waals surface area contributed by atoms with Gasteiger partial charge >= 0.3 is 0 Å². The van der Waals surface area contributed by atoms with Gasteiger partial charge in [0.15, 0.2) is 0 Å². The zero-order chi connectivity index (χ0) is 17.6. The van der Waals surface area contributed by atoms with Crippen molar-refractivity contribution in [3.63, 3.8) is 0 Å². The molecule has 2 aromatic heterocycles. The predicted octanol–water partition coefficient (Wildman–Crippen LogP) is 4.65. The molecule has 0 aliphatic heterocycles. The van der Waals surface area contributed by atoms with E-state index in [2.05, 4.69) is 20.6 Å². The number of pyridine rings is 2. The monoisotopic (exact) mass is 372 g/mol. The van der Waals surface area contributed by atoms with Crippen molar-refractivity contribution in [3.05, 3.63) is 82.4 Å². The van der Waals surface area contributed by atoms with Gasteiger partial charge in [-0.15, -0.1) is 0 Å². The second-order valence-corrected chi connectivity index (χ2v) is 6.06. The van der Waals surface area contributed by atoms with Crippen molar-refractivity contribution in [2.75, 3.05) is 10.6 Å². The molecule has 7 heteroatoms. The van der Waals surface area contributed by atoms with Crippen molar-refractivity contribution >= 4 is 40.5 Å². The summed E-state index contributed by atoms with van der Waals surface area (Å²) in [6.07, 6.45) is 5.04. The molecule has 0 atom stereocenters. The van der Waals surface area contributed by atoms with Crippen molar-refractivity contribution in [2.24, 2.45) is 0 Å². The number of amides is 1. The third-order valence-electron chi connectivity index (χ3n) is 3.42. The Morgan fingerprint density at radius 3 is 2.60 bits per heavy atom. The molecule has 0 unspecified atom stereocenters. The maximum atomic E-state index is 12.4. The van der Waals surface area contributed by atoms with Gasteiger partial charge in [0.1, 0.15) is 5.69 Å². The highest BCUT2D eigenvalue weighted by atomic mass is 35.5. The first kappa shape index (κ1) is 17.2. The first-order valence-corrected chi connectivity index (χ1v) is 8.22. The summed E-state index contributed by atoms with van der Waals surface area (Å²) in [5, 5.41) is 6.85. The summed E-state index contributed by atoms with van der Waals surface area (Å²) in [5.74, 6) is -0.364. The van der Waals surface area contributed by atoms with Crippen molar-refractivity contribution in [2.45, 2.75) is 6.54 Å². The molecule has 0 bridgehead atoms. The number of aromatic nitrogens is 2. The summed E-state index contributed by atoms with van der Waals surface area (Å²) in [7, 11) is 0. The van der Waals surface area contributed by atoms with Gasteiger partial charge in [0, 0.05) is 35.8 Å². The van der Waals surface area contributed by atoms with Crippen molar-refractivity contribution in [3.8, 4) is 0 Å².